The summed E-state index contributed by atoms with van der Waals surface area (Å²) in [4.78, 5) is 0. The first kappa shape index (κ1) is 12.7. The Morgan fingerprint density at radius 1 is 0.944 bits per heavy atom. The molecule has 0 aliphatic heterocycles. The fraction of sp³-hybridized carbons (Fsp3) is 0.250. The van der Waals surface area contributed by atoms with Crippen LogP contribution in [0.25, 0.3) is 0 Å². The molecule has 0 amide bonds. The molecule has 1 atom stereocenters. The molecule has 2 nitrogen and oxygen atoms in total. The molecule has 2 heteroatoms. The van der Waals surface area contributed by atoms with Gasteiger partial charge in [-0.3, -0.25) is 0 Å². The second-order valence-electron chi connectivity index (χ2n) is 4.71. The van der Waals surface area contributed by atoms with Crippen LogP contribution < -0.4 is 11.1 Å². The van der Waals surface area contributed by atoms with E-state index >= 15 is 0 Å². The Morgan fingerprint density at radius 3 is 2.28 bits per heavy atom. The van der Waals surface area contributed by atoms with Crippen LogP contribution in [0.3, 0.4) is 0 Å². The summed E-state index contributed by atoms with van der Waals surface area (Å²) in [5.74, 6) is 0. The van der Waals surface area contributed by atoms with Gasteiger partial charge in [0.25, 0.3) is 0 Å². The number of rotatable bonds is 5. The Bertz CT molecular complexity index is 462. The van der Waals surface area contributed by atoms with Crippen molar-refractivity contribution in [2.45, 2.75) is 25.9 Å². The van der Waals surface area contributed by atoms with Crippen LogP contribution in [0.2, 0.25) is 0 Å². The van der Waals surface area contributed by atoms with Gasteiger partial charge in [-0.05, 0) is 36.6 Å². The molecule has 0 aliphatic rings. The summed E-state index contributed by atoms with van der Waals surface area (Å²) < 4.78 is 0. The highest BCUT2D eigenvalue weighted by molar-refractivity contribution is 5.39. The molecule has 2 aromatic carbocycles. The van der Waals surface area contributed by atoms with Crippen LogP contribution in [0.15, 0.2) is 54.6 Å². The van der Waals surface area contributed by atoms with E-state index in [4.69, 9.17) is 5.73 Å². The Kier molecular flexibility index (Phi) is 4.37. The SMILES string of the molecule is CC(Cc1ccc(N)cc1)NCc1ccccc1. The van der Waals surface area contributed by atoms with E-state index in [-0.39, 0.29) is 0 Å². The summed E-state index contributed by atoms with van der Waals surface area (Å²) in [6.07, 6.45) is 1.02. The second kappa shape index (κ2) is 6.22. The Labute approximate surface area is 109 Å². The van der Waals surface area contributed by atoms with Gasteiger partial charge in [-0.15, -0.1) is 0 Å². The molecule has 0 saturated heterocycles. The lowest BCUT2D eigenvalue weighted by molar-refractivity contribution is 0.545. The number of nitrogens with two attached hydrogens (primary N) is 1. The number of hydrogen-bond donors (Lipinski definition) is 2. The van der Waals surface area contributed by atoms with Crippen molar-refractivity contribution in [1.29, 1.82) is 0 Å². The van der Waals surface area contributed by atoms with Gasteiger partial charge in [-0.25, -0.2) is 0 Å². The predicted molar refractivity (Wildman–Crippen MR) is 77.3 cm³/mol. The largest absolute Gasteiger partial charge is 0.399 e. The van der Waals surface area contributed by atoms with Gasteiger partial charge in [0.05, 0.1) is 0 Å². The number of nitrogen functional groups attached to an aromatic ring is 1. The highest BCUT2D eigenvalue weighted by atomic mass is 14.9. The number of nitrogens with one attached hydrogen (secondary N) is 1. The number of hydrogen-bond acceptors (Lipinski definition) is 2. The van der Waals surface area contributed by atoms with Gasteiger partial charge in [0.15, 0.2) is 0 Å². The van der Waals surface area contributed by atoms with Crippen LogP contribution in [-0.2, 0) is 13.0 Å². The van der Waals surface area contributed by atoms with Crippen molar-refractivity contribution in [2.75, 3.05) is 5.73 Å². The van der Waals surface area contributed by atoms with Crippen molar-refractivity contribution in [3.63, 3.8) is 0 Å². The Hall–Kier alpha value is -1.80. The van der Waals surface area contributed by atoms with Gasteiger partial charge in [0.1, 0.15) is 0 Å². The standard InChI is InChI=1S/C16H20N2/c1-13(11-14-7-9-16(17)10-8-14)18-12-15-5-3-2-4-6-15/h2-10,13,18H,11-12,17H2,1H3. The first-order chi connectivity index (χ1) is 8.74. The fourth-order valence-corrected chi connectivity index (χ4v) is 1.97. The quantitative estimate of drug-likeness (QED) is 0.788. The lowest BCUT2D eigenvalue weighted by atomic mass is 10.1. The van der Waals surface area contributed by atoms with Gasteiger partial charge < -0.3 is 11.1 Å². The molecule has 0 fully saturated rings. The summed E-state index contributed by atoms with van der Waals surface area (Å²) in [6, 6.07) is 19.0. The third-order valence-corrected chi connectivity index (χ3v) is 3.02. The van der Waals surface area contributed by atoms with Crippen molar-refractivity contribution in [3.8, 4) is 0 Å². The molecule has 0 spiro atoms. The van der Waals surface area contributed by atoms with Crippen LogP contribution in [0.1, 0.15) is 18.1 Å². The normalized spacial score (nSPS) is 12.3. The third kappa shape index (κ3) is 3.90. The first-order valence-corrected chi connectivity index (χ1v) is 6.36. The van der Waals surface area contributed by atoms with E-state index in [9.17, 15) is 0 Å². The molecule has 2 rings (SSSR count). The van der Waals surface area contributed by atoms with Crippen molar-refractivity contribution in [3.05, 3.63) is 65.7 Å². The van der Waals surface area contributed by atoms with E-state index in [2.05, 4.69) is 48.6 Å². The van der Waals surface area contributed by atoms with E-state index in [1.807, 2.05) is 18.2 Å². The topological polar surface area (TPSA) is 38.0 Å². The average molecular weight is 240 g/mol. The molecule has 0 aromatic heterocycles. The monoisotopic (exact) mass is 240 g/mol. The zero-order chi connectivity index (χ0) is 12.8. The second-order valence-corrected chi connectivity index (χ2v) is 4.71. The van der Waals surface area contributed by atoms with Gasteiger partial charge >= 0.3 is 0 Å². The number of anilines is 1. The van der Waals surface area contributed by atoms with Gasteiger partial charge in [-0.1, -0.05) is 42.5 Å². The van der Waals surface area contributed by atoms with Gasteiger partial charge in [0, 0.05) is 18.3 Å². The molecule has 94 valence electrons. The van der Waals surface area contributed by atoms with E-state index in [1.165, 1.54) is 11.1 Å². The summed E-state index contributed by atoms with van der Waals surface area (Å²) >= 11 is 0. The molecule has 0 heterocycles. The van der Waals surface area contributed by atoms with Crippen molar-refractivity contribution in [1.82, 2.24) is 5.32 Å². The minimum atomic E-state index is 0.453. The molecule has 0 bridgehead atoms. The smallest absolute Gasteiger partial charge is 0.0314 e. The zero-order valence-electron chi connectivity index (χ0n) is 10.8. The minimum Gasteiger partial charge on any atom is -0.399 e. The highest BCUT2D eigenvalue weighted by Gasteiger charge is 2.03. The molecule has 3 N–H and O–H groups in total. The minimum absolute atomic E-state index is 0.453. The van der Waals surface area contributed by atoms with Gasteiger partial charge in [-0.2, -0.15) is 0 Å². The molecule has 0 saturated carbocycles. The van der Waals surface area contributed by atoms with E-state index in [0.717, 1.165) is 18.7 Å². The molecule has 1 unspecified atom stereocenters. The van der Waals surface area contributed by atoms with Crippen LogP contribution in [-0.4, -0.2) is 6.04 Å². The maximum Gasteiger partial charge on any atom is 0.0314 e. The summed E-state index contributed by atoms with van der Waals surface area (Å²) in [5.41, 5.74) is 9.14. The van der Waals surface area contributed by atoms with Gasteiger partial charge in [0.2, 0.25) is 0 Å². The fourth-order valence-electron chi connectivity index (χ4n) is 1.97. The molecular formula is C16H20N2. The maximum absolute atomic E-state index is 5.68. The van der Waals surface area contributed by atoms with E-state index in [1.54, 1.807) is 0 Å². The first-order valence-electron chi connectivity index (χ1n) is 6.36. The molecule has 18 heavy (non-hydrogen) atoms. The Balaban J connectivity index is 1.82. The van der Waals surface area contributed by atoms with Crippen molar-refractivity contribution < 1.29 is 0 Å². The molecule has 0 radical (unpaired) electrons. The van der Waals surface area contributed by atoms with Crippen LogP contribution in [0.5, 0.6) is 0 Å². The van der Waals surface area contributed by atoms with E-state index in [0.29, 0.717) is 6.04 Å². The predicted octanol–water partition coefficient (Wildman–Crippen LogP) is 2.99. The molecule has 2 aromatic rings. The van der Waals surface area contributed by atoms with Crippen LogP contribution >= 0.6 is 0 Å². The average Bonchev–Trinajstić information content (AvgIpc) is 2.40. The molecular weight excluding hydrogens is 220 g/mol. The van der Waals surface area contributed by atoms with Crippen molar-refractivity contribution >= 4 is 5.69 Å². The summed E-state index contributed by atoms with van der Waals surface area (Å²) in [6.45, 7) is 3.12. The van der Waals surface area contributed by atoms with Crippen LogP contribution in [0.4, 0.5) is 5.69 Å². The number of benzene rings is 2. The lowest BCUT2D eigenvalue weighted by Crippen LogP contribution is -2.27. The lowest BCUT2D eigenvalue weighted by Gasteiger charge is -2.14. The van der Waals surface area contributed by atoms with E-state index < -0.39 is 0 Å². The third-order valence-electron chi connectivity index (χ3n) is 3.02. The summed E-state index contributed by atoms with van der Waals surface area (Å²) in [7, 11) is 0. The maximum atomic E-state index is 5.68. The zero-order valence-corrected chi connectivity index (χ0v) is 10.8. The molecule has 0 aliphatic carbocycles. The van der Waals surface area contributed by atoms with Crippen LogP contribution in [0, 0.1) is 0 Å². The van der Waals surface area contributed by atoms with Crippen molar-refractivity contribution in [2.24, 2.45) is 0 Å². The Morgan fingerprint density at radius 2 is 1.61 bits per heavy atom. The summed E-state index contributed by atoms with van der Waals surface area (Å²) in [5, 5.41) is 3.53. The highest BCUT2D eigenvalue weighted by Crippen LogP contribution is 2.08.